The van der Waals surface area contributed by atoms with Gasteiger partial charge in [0.05, 0.1) is 22.8 Å². The van der Waals surface area contributed by atoms with Crippen molar-refractivity contribution in [3.05, 3.63) is 51.6 Å². The number of nitro groups is 1. The number of halogens is 1. The Bertz CT molecular complexity index is 698. The van der Waals surface area contributed by atoms with Crippen molar-refractivity contribution in [2.45, 2.75) is 25.3 Å². The van der Waals surface area contributed by atoms with Crippen LogP contribution in [0.2, 0.25) is 0 Å². The molecule has 0 fully saturated rings. The van der Waals surface area contributed by atoms with E-state index in [0.717, 1.165) is 42.7 Å². The fraction of sp³-hybridized carbons (Fsp3) is 0.357. The molecule has 0 radical (unpaired) electrons. The van der Waals surface area contributed by atoms with E-state index in [4.69, 9.17) is 0 Å². The van der Waals surface area contributed by atoms with E-state index < -0.39 is 10.7 Å². The monoisotopic (exact) mass is 290 g/mol. The fourth-order valence-corrected chi connectivity index (χ4v) is 2.78. The predicted molar refractivity (Wildman–Crippen MR) is 75.6 cm³/mol. The maximum absolute atomic E-state index is 13.9. The van der Waals surface area contributed by atoms with Crippen LogP contribution in [0.5, 0.6) is 0 Å². The number of non-ortho nitro benzene ring substituents is 1. The fourth-order valence-electron chi connectivity index (χ4n) is 2.78. The lowest BCUT2D eigenvalue weighted by Gasteiger charge is -2.24. The highest BCUT2D eigenvalue weighted by Crippen LogP contribution is 2.33. The number of aryl methyl sites for hydroxylation is 1. The largest absolute Gasteiger partial charge is 0.376 e. The van der Waals surface area contributed by atoms with Gasteiger partial charge in [-0.1, -0.05) is 0 Å². The predicted octanol–water partition coefficient (Wildman–Crippen LogP) is 2.96. The van der Waals surface area contributed by atoms with Crippen molar-refractivity contribution in [2.24, 2.45) is 7.05 Å². The number of nitrogens with one attached hydrogen (secondary N) is 1. The van der Waals surface area contributed by atoms with E-state index in [9.17, 15) is 14.5 Å². The van der Waals surface area contributed by atoms with Crippen molar-refractivity contribution in [1.29, 1.82) is 0 Å². The molecule has 3 rings (SSSR count). The molecule has 6 nitrogen and oxygen atoms in total. The summed E-state index contributed by atoms with van der Waals surface area (Å²) in [6, 6.07) is 3.45. The third kappa shape index (κ3) is 2.46. The summed E-state index contributed by atoms with van der Waals surface area (Å²) in [5, 5.41) is 18.1. The van der Waals surface area contributed by atoms with Crippen LogP contribution in [0, 0.1) is 15.9 Å². The van der Waals surface area contributed by atoms with Gasteiger partial charge in [0.1, 0.15) is 5.82 Å². The molecular weight excluding hydrogens is 275 g/mol. The lowest BCUT2D eigenvalue weighted by atomic mass is 9.93. The Morgan fingerprint density at radius 2 is 2.33 bits per heavy atom. The first-order valence-electron chi connectivity index (χ1n) is 6.77. The summed E-state index contributed by atoms with van der Waals surface area (Å²) in [6.45, 7) is 0. The first kappa shape index (κ1) is 13.5. The Morgan fingerprint density at radius 1 is 1.52 bits per heavy atom. The Morgan fingerprint density at radius 3 is 3.10 bits per heavy atom. The van der Waals surface area contributed by atoms with Crippen LogP contribution in [0.4, 0.5) is 15.8 Å². The highest BCUT2D eigenvalue weighted by atomic mass is 19.1. The first-order valence-corrected chi connectivity index (χ1v) is 6.77. The van der Waals surface area contributed by atoms with Gasteiger partial charge >= 0.3 is 0 Å². The average molecular weight is 290 g/mol. The van der Waals surface area contributed by atoms with Crippen LogP contribution in [0.1, 0.15) is 30.1 Å². The number of rotatable bonds is 3. The van der Waals surface area contributed by atoms with E-state index in [2.05, 4.69) is 10.4 Å². The molecule has 1 N–H and O–H groups in total. The second-order valence-corrected chi connectivity index (χ2v) is 5.18. The lowest BCUT2D eigenvalue weighted by Crippen LogP contribution is -2.18. The Hall–Kier alpha value is -2.44. The number of nitro benzene ring substituents is 1. The first-order chi connectivity index (χ1) is 10.1. The summed E-state index contributed by atoms with van der Waals surface area (Å²) in [5.41, 5.74) is 2.20. The van der Waals surface area contributed by atoms with Crippen molar-refractivity contribution in [3.8, 4) is 0 Å². The van der Waals surface area contributed by atoms with Gasteiger partial charge in [0, 0.05) is 30.4 Å². The molecule has 7 heteroatoms. The zero-order chi connectivity index (χ0) is 15.0. The van der Waals surface area contributed by atoms with Crippen molar-refractivity contribution in [2.75, 3.05) is 5.32 Å². The van der Waals surface area contributed by atoms with Crippen molar-refractivity contribution < 1.29 is 9.31 Å². The molecule has 1 aliphatic carbocycles. The molecule has 1 heterocycles. The molecule has 0 amide bonds. The summed E-state index contributed by atoms with van der Waals surface area (Å²) in [4.78, 5) is 10.3. The molecule has 0 aliphatic heterocycles. The second kappa shape index (κ2) is 5.16. The average Bonchev–Trinajstić information content (AvgIpc) is 2.84. The number of nitrogens with zero attached hydrogens (tertiary/aromatic N) is 3. The zero-order valence-corrected chi connectivity index (χ0v) is 11.5. The molecule has 1 unspecified atom stereocenters. The van der Waals surface area contributed by atoms with E-state index in [-0.39, 0.29) is 17.4 Å². The van der Waals surface area contributed by atoms with Gasteiger partial charge in [-0.25, -0.2) is 4.39 Å². The van der Waals surface area contributed by atoms with Gasteiger partial charge in [-0.2, -0.15) is 5.10 Å². The van der Waals surface area contributed by atoms with Gasteiger partial charge < -0.3 is 5.32 Å². The van der Waals surface area contributed by atoms with Gasteiger partial charge in [0.15, 0.2) is 0 Å². The summed E-state index contributed by atoms with van der Waals surface area (Å²) < 4.78 is 15.7. The molecule has 110 valence electrons. The van der Waals surface area contributed by atoms with Crippen molar-refractivity contribution in [1.82, 2.24) is 9.78 Å². The van der Waals surface area contributed by atoms with Crippen LogP contribution < -0.4 is 5.32 Å². The highest BCUT2D eigenvalue weighted by Gasteiger charge is 2.24. The molecule has 1 aromatic heterocycles. The quantitative estimate of drug-likeness (QED) is 0.696. The Balaban J connectivity index is 1.91. The maximum atomic E-state index is 13.9. The van der Waals surface area contributed by atoms with E-state index in [1.54, 1.807) is 6.20 Å². The molecule has 1 aromatic carbocycles. The van der Waals surface area contributed by atoms with E-state index in [0.29, 0.717) is 0 Å². The highest BCUT2D eigenvalue weighted by molar-refractivity contribution is 5.54. The molecule has 0 saturated carbocycles. The molecule has 1 atom stereocenters. The van der Waals surface area contributed by atoms with Crippen LogP contribution in [0.3, 0.4) is 0 Å². The number of hydrogen-bond acceptors (Lipinski definition) is 4. The normalized spacial score (nSPS) is 17.3. The number of aromatic nitrogens is 2. The van der Waals surface area contributed by atoms with E-state index >= 15 is 0 Å². The Labute approximate surface area is 120 Å². The van der Waals surface area contributed by atoms with Crippen LogP contribution in [0.15, 0.2) is 24.4 Å². The topological polar surface area (TPSA) is 73.0 Å². The number of hydrogen-bond donors (Lipinski definition) is 1. The SMILES string of the molecule is Cn1ncc2c1CCCC2Nc1cc([N+](=O)[O-])ccc1F. The summed E-state index contributed by atoms with van der Waals surface area (Å²) in [7, 11) is 1.88. The second-order valence-electron chi connectivity index (χ2n) is 5.18. The third-order valence-corrected chi connectivity index (χ3v) is 3.87. The van der Waals surface area contributed by atoms with E-state index in [1.807, 2.05) is 11.7 Å². The molecule has 21 heavy (non-hydrogen) atoms. The lowest BCUT2D eigenvalue weighted by molar-refractivity contribution is -0.384. The number of anilines is 1. The van der Waals surface area contributed by atoms with Crippen LogP contribution in [-0.2, 0) is 13.5 Å². The van der Waals surface area contributed by atoms with E-state index in [1.165, 1.54) is 6.07 Å². The van der Waals surface area contributed by atoms with Crippen LogP contribution >= 0.6 is 0 Å². The minimum atomic E-state index is -0.527. The molecule has 1 aliphatic rings. The summed E-state index contributed by atoms with van der Waals surface area (Å²) in [5.74, 6) is -0.489. The number of benzene rings is 1. The molecule has 0 bridgehead atoms. The van der Waals surface area contributed by atoms with Crippen LogP contribution in [0.25, 0.3) is 0 Å². The molecule has 0 saturated heterocycles. The Kier molecular flexibility index (Phi) is 3.32. The smallest absolute Gasteiger partial charge is 0.271 e. The van der Waals surface area contributed by atoms with Gasteiger partial charge in [0.2, 0.25) is 0 Å². The summed E-state index contributed by atoms with van der Waals surface area (Å²) in [6.07, 6.45) is 4.55. The van der Waals surface area contributed by atoms with Gasteiger partial charge in [-0.05, 0) is 25.3 Å². The maximum Gasteiger partial charge on any atom is 0.271 e. The van der Waals surface area contributed by atoms with Crippen molar-refractivity contribution >= 4 is 11.4 Å². The third-order valence-electron chi connectivity index (χ3n) is 3.87. The minimum absolute atomic E-state index is 0.0704. The van der Waals surface area contributed by atoms with Gasteiger partial charge in [0.25, 0.3) is 5.69 Å². The minimum Gasteiger partial charge on any atom is -0.376 e. The summed E-state index contributed by atoms with van der Waals surface area (Å²) >= 11 is 0. The van der Waals surface area contributed by atoms with Gasteiger partial charge in [-0.15, -0.1) is 0 Å². The van der Waals surface area contributed by atoms with Crippen LogP contribution in [-0.4, -0.2) is 14.7 Å². The van der Waals surface area contributed by atoms with Crippen molar-refractivity contribution in [3.63, 3.8) is 0 Å². The molecule has 0 spiro atoms. The molecular formula is C14H15FN4O2. The zero-order valence-electron chi connectivity index (χ0n) is 11.5. The molecule has 2 aromatic rings. The van der Waals surface area contributed by atoms with Gasteiger partial charge in [-0.3, -0.25) is 14.8 Å². The standard InChI is InChI=1S/C14H15FN4O2/c1-18-14-4-2-3-12(10(14)8-16-18)17-13-7-9(19(20)21)5-6-11(13)15/h5-8,12,17H,2-4H2,1H3. The number of fused-ring (bicyclic) bond motifs is 1.